The Morgan fingerprint density at radius 2 is 1.64 bits per heavy atom. The molecule has 1 N–H and O–H groups in total. The molecule has 2 aromatic carbocycles. The van der Waals surface area contributed by atoms with Crippen LogP contribution in [0.5, 0.6) is 11.5 Å². The number of carbonyl (C=O) groups excluding carboxylic acids is 1. The highest BCUT2D eigenvalue weighted by molar-refractivity contribution is 5.94. The Morgan fingerprint density at radius 1 is 1.05 bits per heavy atom. The Balaban J connectivity index is 1.83. The number of ether oxygens (including phenoxy) is 2. The molecule has 0 aromatic heterocycles. The summed E-state index contributed by atoms with van der Waals surface area (Å²) in [7, 11) is 1.60. The summed E-state index contributed by atoms with van der Waals surface area (Å²) in [5.41, 5.74) is 1.79. The standard InChI is InChI=1S/C18H21NO3/c1-13-4-8-17(9-5-13)22-12-14(2)19-18(20)15-6-10-16(21-3)11-7-15/h4-11,14H,12H2,1-3H3,(H,19,20). The number of hydrogen-bond donors (Lipinski definition) is 1. The Labute approximate surface area is 131 Å². The zero-order chi connectivity index (χ0) is 15.9. The van der Waals surface area contributed by atoms with E-state index in [2.05, 4.69) is 5.32 Å². The highest BCUT2D eigenvalue weighted by Crippen LogP contribution is 2.13. The van der Waals surface area contributed by atoms with E-state index in [1.54, 1.807) is 31.4 Å². The molecule has 0 fully saturated rings. The molecule has 0 spiro atoms. The average molecular weight is 299 g/mol. The molecular weight excluding hydrogens is 278 g/mol. The third kappa shape index (κ3) is 4.52. The molecule has 0 bridgehead atoms. The van der Waals surface area contributed by atoms with Crippen molar-refractivity contribution in [3.63, 3.8) is 0 Å². The van der Waals surface area contributed by atoms with Crippen LogP contribution in [-0.2, 0) is 0 Å². The van der Waals surface area contributed by atoms with Crippen molar-refractivity contribution in [2.75, 3.05) is 13.7 Å². The molecule has 1 unspecified atom stereocenters. The molecule has 0 saturated heterocycles. The maximum atomic E-state index is 12.1. The van der Waals surface area contributed by atoms with Gasteiger partial charge in [0.25, 0.3) is 5.91 Å². The SMILES string of the molecule is COc1ccc(C(=O)NC(C)COc2ccc(C)cc2)cc1. The lowest BCUT2D eigenvalue weighted by Crippen LogP contribution is -2.36. The van der Waals surface area contributed by atoms with Crippen LogP contribution in [-0.4, -0.2) is 25.7 Å². The lowest BCUT2D eigenvalue weighted by atomic mass is 10.2. The summed E-state index contributed by atoms with van der Waals surface area (Å²) < 4.78 is 10.7. The minimum atomic E-state index is -0.123. The number of benzene rings is 2. The Bertz CT molecular complexity index is 605. The maximum absolute atomic E-state index is 12.1. The molecule has 0 aliphatic carbocycles. The van der Waals surface area contributed by atoms with Crippen LogP contribution < -0.4 is 14.8 Å². The van der Waals surface area contributed by atoms with Crippen molar-refractivity contribution in [1.82, 2.24) is 5.32 Å². The number of amides is 1. The van der Waals surface area contributed by atoms with Crippen molar-refractivity contribution >= 4 is 5.91 Å². The van der Waals surface area contributed by atoms with E-state index in [-0.39, 0.29) is 11.9 Å². The van der Waals surface area contributed by atoms with Crippen LogP contribution in [0.25, 0.3) is 0 Å². The summed E-state index contributed by atoms with van der Waals surface area (Å²) in [6.45, 7) is 4.36. The van der Waals surface area contributed by atoms with Gasteiger partial charge in [0.15, 0.2) is 0 Å². The summed E-state index contributed by atoms with van der Waals surface area (Å²) in [4.78, 5) is 12.1. The summed E-state index contributed by atoms with van der Waals surface area (Å²) in [5, 5.41) is 2.91. The normalized spacial score (nSPS) is 11.6. The molecule has 0 heterocycles. The first kappa shape index (κ1) is 15.9. The predicted octanol–water partition coefficient (Wildman–Crippen LogP) is 3.20. The van der Waals surface area contributed by atoms with Crippen molar-refractivity contribution in [3.8, 4) is 11.5 Å². The first-order valence-corrected chi connectivity index (χ1v) is 7.23. The number of nitrogens with one attached hydrogen (secondary N) is 1. The third-order valence-electron chi connectivity index (χ3n) is 3.25. The van der Waals surface area contributed by atoms with Gasteiger partial charge in [-0.15, -0.1) is 0 Å². The van der Waals surface area contributed by atoms with E-state index in [0.29, 0.717) is 12.2 Å². The smallest absolute Gasteiger partial charge is 0.251 e. The van der Waals surface area contributed by atoms with Gasteiger partial charge in [-0.25, -0.2) is 0 Å². The highest BCUT2D eigenvalue weighted by Gasteiger charge is 2.10. The minimum Gasteiger partial charge on any atom is -0.497 e. The largest absolute Gasteiger partial charge is 0.497 e. The molecule has 22 heavy (non-hydrogen) atoms. The van der Waals surface area contributed by atoms with E-state index < -0.39 is 0 Å². The monoisotopic (exact) mass is 299 g/mol. The summed E-state index contributed by atoms with van der Waals surface area (Å²) in [5.74, 6) is 1.41. The lowest BCUT2D eigenvalue weighted by Gasteiger charge is -2.15. The Hall–Kier alpha value is -2.49. The average Bonchev–Trinajstić information content (AvgIpc) is 2.54. The number of rotatable bonds is 6. The topological polar surface area (TPSA) is 47.6 Å². The molecule has 0 radical (unpaired) electrons. The van der Waals surface area contributed by atoms with Crippen molar-refractivity contribution < 1.29 is 14.3 Å². The van der Waals surface area contributed by atoms with Gasteiger partial charge in [0.05, 0.1) is 13.2 Å². The minimum absolute atomic E-state index is 0.0871. The van der Waals surface area contributed by atoms with Crippen molar-refractivity contribution in [2.24, 2.45) is 0 Å². The Kier molecular flexibility index (Phi) is 5.42. The van der Waals surface area contributed by atoms with Gasteiger partial charge in [0, 0.05) is 5.56 Å². The summed E-state index contributed by atoms with van der Waals surface area (Å²) in [6, 6.07) is 14.8. The van der Waals surface area contributed by atoms with E-state index in [9.17, 15) is 4.79 Å². The van der Waals surface area contributed by atoms with E-state index in [4.69, 9.17) is 9.47 Å². The second-order valence-electron chi connectivity index (χ2n) is 5.23. The van der Waals surface area contributed by atoms with Crippen LogP contribution in [0.2, 0.25) is 0 Å². The number of aryl methyl sites for hydroxylation is 1. The van der Waals surface area contributed by atoms with Crippen LogP contribution in [0.15, 0.2) is 48.5 Å². The number of methoxy groups -OCH3 is 1. The quantitative estimate of drug-likeness (QED) is 0.891. The second-order valence-corrected chi connectivity index (χ2v) is 5.23. The van der Waals surface area contributed by atoms with Crippen LogP contribution in [0, 0.1) is 6.92 Å². The van der Waals surface area contributed by atoms with Crippen LogP contribution in [0.1, 0.15) is 22.8 Å². The van der Waals surface area contributed by atoms with Crippen LogP contribution in [0.3, 0.4) is 0 Å². The van der Waals surface area contributed by atoms with Crippen LogP contribution in [0.4, 0.5) is 0 Å². The highest BCUT2D eigenvalue weighted by atomic mass is 16.5. The van der Waals surface area contributed by atoms with Gasteiger partial charge in [0.1, 0.15) is 18.1 Å². The molecule has 1 atom stereocenters. The molecule has 4 nitrogen and oxygen atoms in total. The molecule has 4 heteroatoms. The fourth-order valence-corrected chi connectivity index (χ4v) is 1.95. The van der Waals surface area contributed by atoms with Gasteiger partial charge in [-0.2, -0.15) is 0 Å². The molecule has 2 aromatic rings. The number of carbonyl (C=O) groups is 1. The van der Waals surface area contributed by atoms with Gasteiger partial charge in [-0.1, -0.05) is 17.7 Å². The van der Waals surface area contributed by atoms with Gasteiger partial charge < -0.3 is 14.8 Å². The van der Waals surface area contributed by atoms with Gasteiger partial charge in [0.2, 0.25) is 0 Å². The van der Waals surface area contributed by atoms with Gasteiger partial charge in [-0.3, -0.25) is 4.79 Å². The van der Waals surface area contributed by atoms with Gasteiger partial charge in [-0.05, 0) is 50.2 Å². The third-order valence-corrected chi connectivity index (χ3v) is 3.25. The van der Waals surface area contributed by atoms with E-state index in [0.717, 1.165) is 11.5 Å². The molecule has 2 rings (SSSR count). The van der Waals surface area contributed by atoms with Crippen LogP contribution >= 0.6 is 0 Å². The van der Waals surface area contributed by atoms with Crippen molar-refractivity contribution in [3.05, 3.63) is 59.7 Å². The van der Waals surface area contributed by atoms with E-state index in [1.165, 1.54) is 5.56 Å². The zero-order valence-corrected chi connectivity index (χ0v) is 13.1. The maximum Gasteiger partial charge on any atom is 0.251 e. The first-order valence-electron chi connectivity index (χ1n) is 7.23. The van der Waals surface area contributed by atoms with E-state index >= 15 is 0 Å². The van der Waals surface area contributed by atoms with Gasteiger partial charge >= 0.3 is 0 Å². The summed E-state index contributed by atoms with van der Waals surface area (Å²) in [6.07, 6.45) is 0. The predicted molar refractivity (Wildman–Crippen MR) is 86.6 cm³/mol. The fraction of sp³-hybridized carbons (Fsp3) is 0.278. The second kappa shape index (κ2) is 7.50. The zero-order valence-electron chi connectivity index (χ0n) is 13.1. The first-order chi connectivity index (χ1) is 10.6. The fourth-order valence-electron chi connectivity index (χ4n) is 1.95. The molecule has 0 saturated carbocycles. The van der Waals surface area contributed by atoms with E-state index in [1.807, 2.05) is 38.1 Å². The van der Waals surface area contributed by atoms with Crippen molar-refractivity contribution in [2.45, 2.75) is 19.9 Å². The number of hydrogen-bond acceptors (Lipinski definition) is 3. The molecule has 0 aliphatic rings. The molecule has 116 valence electrons. The van der Waals surface area contributed by atoms with Crippen molar-refractivity contribution in [1.29, 1.82) is 0 Å². The molecule has 1 amide bonds. The molecular formula is C18H21NO3. The molecule has 0 aliphatic heterocycles. The lowest BCUT2D eigenvalue weighted by molar-refractivity contribution is 0.0926. The Morgan fingerprint density at radius 3 is 2.23 bits per heavy atom. The summed E-state index contributed by atoms with van der Waals surface area (Å²) >= 11 is 0.